The predicted octanol–water partition coefficient (Wildman–Crippen LogP) is 4.19. The first kappa shape index (κ1) is 13.9. The number of nitrogens with zero attached hydrogens (tertiary/aromatic N) is 3. The fraction of sp³-hybridized carbons (Fsp3) is 0. The van der Waals surface area contributed by atoms with Gasteiger partial charge in [0, 0.05) is 12.3 Å². The van der Waals surface area contributed by atoms with E-state index in [-0.39, 0.29) is 16.0 Å². The van der Waals surface area contributed by atoms with Gasteiger partial charge in [-0.05, 0) is 34.1 Å². The molecule has 0 aliphatic carbocycles. The average molecular weight is 337 g/mol. The number of nitro groups is 1. The molecule has 2 aromatic rings. The highest BCUT2D eigenvalue weighted by atomic mass is 79.9. The predicted molar refractivity (Wildman–Crippen MR) is 74.5 cm³/mol. The Kier molecular flexibility index (Phi) is 3.91. The van der Waals surface area contributed by atoms with E-state index in [4.69, 9.17) is 6.57 Å². The molecule has 1 N–H and O–H groups in total. The lowest BCUT2D eigenvalue weighted by Gasteiger charge is -2.08. The van der Waals surface area contributed by atoms with Crippen LogP contribution in [0.25, 0.3) is 4.85 Å². The Bertz CT molecular complexity index is 730. The molecule has 0 unspecified atom stereocenters. The number of hydrogen-bond acceptors (Lipinski definition) is 4. The number of hydrogen-bond donors (Lipinski definition) is 1. The van der Waals surface area contributed by atoms with E-state index in [0.717, 1.165) is 0 Å². The van der Waals surface area contributed by atoms with Crippen LogP contribution >= 0.6 is 15.9 Å². The summed E-state index contributed by atoms with van der Waals surface area (Å²) in [7, 11) is 0. The van der Waals surface area contributed by atoms with Crippen molar-refractivity contribution in [1.82, 2.24) is 4.98 Å². The highest BCUT2D eigenvalue weighted by molar-refractivity contribution is 9.10. The van der Waals surface area contributed by atoms with Crippen LogP contribution in [-0.4, -0.2) is 9.91 Å². The van der Waals surface area contributed by atoms with Gasteiger partial charge in [0.1, 0.15) is 5.82 Å². The first-order valence-corrected chi connectivity index (χ1v) is 6.05. The first-order chi connectivity index (χ1) is 9.52. The Balaban J connectivity index is 2.49. The standard InChI is InChI=1S/C12H6BrFN4O2/c1-15-7-4-5-16-10(6-7)17-12-9(18(19)20)3-2-8(13)11(12)14/h2-6H,(H,16,17). The van der Waals surface area contributed by atoms with Crippen molar-refractivity contribution in [2.75, 3.05) is 5.32 Å². The summed E-state index contributed by atoms with van der Waals surface area (Å²) in [6.45, 7) is 6.89. The fourth-order valence-electron chi connectivity index (χ4n) is 1.50. The normalized spacial score (nSPS) is 9.85. The van der Waals surface area contributed by atoms with Gasteiger partial charge in [-0.15, -0.1) is 0 Å². The molecule has 20 heavy (non-hydrogen) atoms. The molecule has 0 atom stereocenters. The third-order valence-electron chi connectivity index (χ3n) is 2.40. The van der Waals surface area contributed by atoms with E-state index in [1.807, 2.05) is 0 Å². The summed E-state index contributed by atoms with van der Waals surface area (Å²) < 4.78 is 14.1. The molecule has 1 aromatic carbocycles. The molecule has 0 aliphatic rings. The molecule has 0 aliphatic heterocycles. The molecule has 100 valence electrons. The Morgan fingerprint density at radius 1 is 1.45 bits per heavy atom. The monoisotopic (exact) mass is 336 g/mol. The number of aromatic nitrogens is 1. The molecular weight excluding hydrogens is 331 g/mol. The van der Waals surface area contributed by atoms with Crippen molar-refractivity contribution >= 4 is 38.8 Å². The lowest BCUT2D eigenvalue weighted by Crippen LogP contribution is -2.01. The number of pyridine rings is 1. The molecule has 1 heterocycles. The van der Waals surface area contributed by atoms with Crippen LogP contribution in [0.4, 0.5) is 27.3 Å². The smallest absolute Gasteiger partial charge is 0.295 e. The van der Waals surface area contributed by atoms with E-state index >= 15 is 0 Å². The maximum atomic E-state index is 14.0. The number of halogens is 2. The lowest BCUT2D eigenvalue weighted by atomic mass is 10.2. The summed E-state index contributed by atoms with van der Waals surface area (Å²) in [4.78, 5) is 17.3. The van der Waals surface area contributed by atoms with Gasteiger partial charge in [0.15, 0.2) is 17.2 Å². The fourth-order valence-corrected chi connectivity index (χ4v) is 1.83. The molecule has 2 rings (SSSR count). The third kappa shape index (κ3) is 2.73. The van der Waals surface area contributed by atoms with Crippen molar-refractivity contribution in [3.05, 3.63) is 62.3 Å². The number of nitrogens with one attached hydrogen (secondary N) is 1. The van der Waals surface area contributed by atoms with Gasteiger partial charge in [-0.1, -0.05) is 0 Å². The highest BCUT2D eigenvalue weighted by Crippen LogP contribution is 2.34. The zero-order chi connectivity index (χ0) is 14.7. The Morgan fingerprint density at radius 2 is 2.20 bits per heavy atom. The molecule has 0 amide bonds. The summed E-state index contributed by atoms with van der Waals surface area (Å²) in [5, 5.41) is 13.4. The first-order valence-electron chi connectivity index (χ1n) is 5.26. The van der Waals surface area contributed by atoms with E-state index in [1.54, 1.807) is 0 Å². The molecule has 1 aromatic heterocycles. The van der Waals surface area contributed by atoms with Gasteiger partial charge in [-0.25, -0.2) is 14.2 Å². The zero-order valence-corrected chi connectivity index (χ0v) is 11.4. The Morgan fingerprint density at radius 3 is 2.85 bits per heavy atom. The van der Waals surface area contributed by atoms with E-state index in [9.17, 15) is 14.5 Å². The third-order valence-corrected chi connectivity index (χ3v) is 3.01. The maximum absolute atomic E-state index is 14.0. The van der Waals surface area contributed by atoms with Gasteiger partial charge in [0.25, 0.3) is 5.69 Å². The molecule has 0 bridgehead atoms. The van der Waals surface area contributed by atoms with Crippen LogP contribution in [0.15, 0.2) is 34.9 Å². The summed E-state index contributed by atoms with van der Waals surface area (Å²) in [6, 6.07) is 5.27. The molecule has 8 heteroatoms. The van der Waals surface area contributed by atoms with Crippen molar-refractivity contribution in [3.8, 4) is 0 Å². The van der Waals surface area contributed by atoms with E-state index in [1.165, 1.54) is 30.5 Å². The molecule has 0 saturated heterocycles. The van der Waals surface area contributed by atoms with Crippen molar-refractivity contribution < 1.29 is 9.31 Å². The van der Waals surface area contributed by atoms with Crippen LogP contribution in [-0.2, 0) is 0 Å². The van der Waals surface area contributed by atoms with Crippen molar-refractivity contribution in [1.29, 1.82) is 0 Å². The van der Waals surface area contributed by atoms with Crippen molar-refractivity contribution in [2.24, 2.45) is 0 Å². The molecule has 0 saturated carbocycles. The van der Waals surface area contributed by atoms with Crippen LogP contribution in [0.3, 0.4) is 0 Å². The second kappa shape index (κ2) is 5.63. The van der Waals surface area contributed by atoms with E-state index < -0.39 is 16.4 Å². The Hall–Kier alpha value is -2.53. The summed E-state index contributed by atoms with van der Waals surface area (Å²) in [5.41, 5.74) is -0.430. The van der Waals surface area contributed by atoms with Gasteiger partial charge < -0.3 is 5.32 Å². The van der Waals surface area contributed by atoms with Crippen LogP contribution in [0, 0.1) is 22.5 Å². The SMILES string of the molecule is [C-]#[N+]c1ccnc(Nc2c([N+](=O)[O-])ccc(Br)c2F)c1. The van der Waals surface area contributed by atoms with Crippen LogP contribution in [0.2, 0.25) is 0 Å². The second-order valence-corrected chi connectivity index (χ2v) is 4.50. The molecular formula is C12H6BrFN4O2. The molecule has 0 fully saturated rings. The number of benzene rings is 1. The van der Waals surface area contributed by atoms with Crippen molar-refractivity contribution in [3.63, 3.8) is 0 Å². The van der Waals surface area contributed by atoms with E-state index in [2.05, 4.69) is 31.1 Å². The summed E-state index contributed by atoms with van der Waals surface area (Å²) in [6.07, 6.45) is 1.36. The van der Waals surface area contributed by atoms with Gasteiger partial charge >= 0.3 is 0 Å². The van der Waals surface area contributed by atoms with Crippen LogP contribution in [0.1, 0.15) is 0 Å². The van der Waals surface area contributed by atoms with Crippen LogP contribution in [0.5, 0.6) is 0 Å². The van der Waals surface area contributed by atoms with Crippen molar-refractivity contribution in [2.45, 2.75) is 0 Å². The number of rotatable bonds is 3. The molecule has 0 radical (unpaired) electrons. The Labute approximate surface area is 121 Å². The van der Waals surface area contributed by atoms with Gasteiger partial charge in [-0.3, -0.25) is 10.1 Å². The van der Waals surface area contributed by atoms with Gasteiger partial charge in [0.2, 0.25) is 0 Å². The second-order valence-electron chi connectivity index (χ2n) is 3.65. The molecule has 6 nitrogen and oxygen atoms in total. The quantitative estimate of drug-likeness (QED) is 0.518. The minimum Gasteiger partial charge on any atom is -0.333 e. The molecule has 0 spiro atoms. The topological polar surface area (TPSA) is 72.4 Å². The summed E-state index contributed by atoms with van der Waals surface area (Å²) in [5.74, 6) is -0.646. The minimum atomic E-state index is -0.797. The lowest BCUT2D eigenvalue weighted by molar-refractivity contribution is -0.384. The minimum absolute atomic E-state index is 0.0898. The average Bonchev–Trinajstić information content (AvgIpc) is 2.44. The summed E-state index contributed by atoms with van der Waals surface area (Å²) >= 11 is 2.96. The van der Waals surface area contributed by atoms with Gasteiger partial charge in [-0.2, -0.15) is 0 Å². The largest absolute Gasteiger partial charge is 0.333 e. The van der Waals surface area contributed by atoms with Gasteiger partial charge in [0.05, 0.1) is 16.0 Å². The number of nitro benzene ring substituents is 1. The maximum Gasteiger partial charge on any atom is 0.295 e. The number of anilines is 2. The van der Waals surface area contributed by atoms with Crippen LogP contribution < -0.4 is 5.32 Å². The zero-order valence-electron chi connectivity index (χ0n) is 9.80. The van der Waals surface area contributed by atoms with E-state index in [0.29, 0.717) is 5.69 Å². The highest BCUT2D eigenvalue weighted by Gasteiger charge is 2.21.